The number of nitrogens with zero attached hydrogens (tertiary/aromatic N) is 1. The van der Waals surface area contributed by atoms with Crippen LogP contribution in [0.15, 0.2) is 47.8 Å². The first-order valence-corrected chi connectivity index (χ1v) is 7.01. The van der Waals surface area contributed by atoms with Crippen LogP contribution in [0.4, 0.5) is 5.69 Å². The standard InChI is InChI=1S/C15H10N2O3S/c18-13(14-17-12(8-21-14)15(19)20)16-11-7-3-5-9-4-1-2-6-10(9)11/h1-8H,(H,16,18)(H,19,20). The number of carbonyl (C=O) groups is 2. The summed E-state index contributed by atoms with van der Waals surface area (Å²) in [6.07, 6.45) is 0. The SMILES string of the molecule is O=C(O)c1csc(C(=O)Nc2cccc3ccccc23)n1. The monoisotopic (exact) mass is 298 g/mol. The van der Waals surface area contributed by atoms with Crippen molar-refractivity contribution in [2.75, 3.05) is 5.32 Å². The van der Waals surface area contributed by atoms with Crippen LogP contribution in [-0.2, 0) is 0 Å². The lowest BCUT2D eigenvalue weighted by atomic mass is 10.1. The van der Waals surface area contributed by atoms with Gasteiger partial charge in [0, 0.05) is 16.5 Å². The highest BCUT2D eigenvalue weighted by Crippen LogP contribution is 2.23. The first-order valence-electron chi connectivity index (χ1n) is 6.13. The molecule has 0 fully saturated rings. The Balaban J connectivity index is 1.91. The Morgan fingerprint density at radius 1 is 1.10 bits per heavy atom. The van der Waals surface area contributed by atoms with E-state index in [-0.39, 0.29) is 10.7 Å². The van der Waals surface area contributed by atoms with E-state index in [4.69, 9.17) is 5.11 Å². The van der Waals surface area contributed by atoms with Gasteiger partial charge < -0.3 is 10.4 Å². The minimum Gasteiger partial charge on any atom is -0.476 e. The van der Waals surface area contributed by atoms with Gasteiger partial charge in [0.2, 0.25) is 0 Å². The molecule has 3 aromatic rings. The zero-order chi connectivity index (χ0) is 14.8. The number of aromatic nitrogens is 1. The van der Waals surface area contributed by atoms with Gasteiger partial charge in [-0.1, -0.05) is 36.4 Å². The number of fused-ring (bicyclic) bond motifs is 1. The van der Waals surface area contributed by atoms with Gasteiger partial charge in [-0.2, -0.15) is 0 Å². The van der Waals surface area contributed by atoms with Crippen molar-refractivity contribution in [1.29, 1.82) is 0 Å². The lowest BCUT2D eigenvalue weighted by molar-refractivity contribution is 0.0691. The van der Waals surface area contributed by atoms with Crippen molar-refractivity contribution in [3.63, 3.8) is 0 Å². The summed E-state index contributed by atoms with van der Waals surface area (Å²) in [7, 11) is 0. The van der Waals surface area contributed by atoms with E-state index in [0.29, 0.717) is 5.69 Å². The molecule has 5 nitrogen and oxygen atoms in total. The Labute approximate surface area is 123 Å². The van der Waals surface area contributed by atoms with Gasteiger partial charge in [0.25, 0.3) is 5.91 Å². The molecule has 0 saturated carbocycles. The summed E-state index contributed by atoms with van der Waals surface area (Å²) >= 11 is 1.01. The van der Waals surface area contributed by atoms with E-state index in [1.165, 1.54) is 5.38 Å². The molecule has 6 heteroatoms. The maximum Gasteiger partial charge on any atom is 0.355 e. The minimum absolute atomic E-state index is 0.122. The smallest absolute Gasteiger partial charge is 0.355 e. The number of aromatic carboxylic acids is 1. The van der Waals surface area contributed by atoms with Gasteiger partial charge in [0.05, 0.1) is 0 Å². The summed E-state index contributed by atoms with van der Waals surface area (Å²) in [5, 5.41) is 15.0. The van der Waals surface area contributed by atoms with Crippen molar-refractivity contribution in [2.45, 2.75) is 0 Å². The van der Waals surface area contributed by atoms with Crippen LogP contribution in [0, 0.1) is 0 Å². The Morgan fingerprint density at radius 3 is 2.62 bits per heavy atom. The third-order valence-corrected chi connectivity index (χ3v) is 3.80. The second-order valence-electron chi connectivity index (χ2n) is 4.32. The molecule has 1 amide bonds. The second-order valence-corrected chi connectivity index (χ2v) is 5.18. The average molecular weight is 298 g/mol. The van der Waals surface area contributed by atoms with Crippen molar-refractivity contribution in [3.8, 4) is 0 Å². The summed E-state index contributed by atoms with van der Waals surface area (Å²) in [6, 6.07) is 13.3. The van der Waals surface area contributed by atoms with E-state index in [2.05, 4.69) is 10.3 Å². The van der Waals surface area contributed by atoms with Gasteiger partial charge in [-0.25, -0.2) is 9.78 Å². The van der Waals surface area contributed by atoms with E-state index in [0.717, 1.165) is 22.1 Å². The lowest BCUT2D eigenvalue weighted by Gasteiger charge is -2.07. The molecular formula is C15H10N2O3S. The molecule has 0 atom stereocenters. The largest absolute Gasteiger partial charge is 0.476 e. The van der Waals surface area contributed by atoms with Crippen molar-refractivity contribution in [2.24, 2.45) is 0 Å². The van der Waals surface area contributed by atoms with Gasteiger partial charge in [0.1, 0.15) is 0 Å². The van der Waals surface area contributed by atoms with Crippen LogP contribution in [0.3, 0.4) is 0 Å². The van der Waals surface area contributed by atoms with Crippen LogP contribution in [-0.4, -0.2) is 22.0 Å². The van der Waals surface area contributed by atoms with Crippen molar-refractivity contribution >= 4 is 39.7 Å². The molecule has 2 aromatic carbocycles. The summed E-state index contributed by atoms with van der Waals surface area (Å²) in [5.74, 6) is -1.56. The highest BCUT2D eigenvalue weighted by molar-refractivity contribution is 7.12. The average Bonchev–Trinajstić information content (AvgIpc) is 2.98. The molecule has 0 radical (unpaired) electrons. The number of anilines is 1. The van der Waals surface area contributed by atoms with Crippen LogP contribution in [0.25, 0.3) is 10.8 Å². The maximum absolute atomic E-state index is 12.1. The topological polar surface area (TPSA) is 79.3 Å². The number of hydrogen-bond acceptors (Lipinski definition) is 4. The molecule has 0 bridgehead atoms. The lowest BCUT2D eigenvalue weighted by Crippen LogP contribution is -2.12. The first-order chi connectivity index (χ1) is 10.1. The zero-order valence-corrected chi connectivity index (χ0v) is 11.6. The third-order valence-electron chi connectivity index (χ3n) is 2.96. The number of carboxylic acids is 1. The highest BCUT2D eigenvalue weighted by atomic mass is 32.1. The van der Waals surface area contributed by atoms with Crippen LogP contribution < -0.4 is 5.32 Å². The zero-order valence-electron chi connectivity index (χ0n) is 10.7. The van der Waals surface area contributed by atoms with Crippen LogP contribution in [0.2, 0.25) is 0 Å². The molecule has 2 N–H and O–H groups in total. The van der Waals surface area contributed by atoms with Gasteiger partial charge >= 0.3 is 5.97 Å². The number of rotatable bonds is 3. The van der Waals surface area contributed by atoms with Gasteiger partial charge in [-0.05, 0) is 11.5 Å². The summed E-state index contributed by atoms with van der Waals surface area (Å²) < 4.78 is 0. The molecule has 1 heterocycles. The predicted molar refractivity (Wildman–Crippen MR) is 81.0 cm³/mol. The molecule has 21 heavy (non-hydrogen) atoms. The van der Waals surface area contributed by atoms with E-state index < -0.39 is 11.9 Å². The summed E-state index contributed by atoms with van der Waals surface area (Å²) in [4.78, 5) is 26.7. The quantitative estimate of drug-likeness (QED) is 0.778. The number of amides is 1. The summed E-state index contributed by atoms with van der Waals surface area (Å²) in [5.41, 5.74) is 0.549. The molecule has 0 unspecified atom stereocenters. The number of thiazole rings is 1. The maximum atomic E-state index is 12.1. The number of benzene rings is 2. The number of nitrogens with one attached hydrogen (secondary N) is 1. The highest BCUT2D eigenvalue weighted by Gasteiger charge is 2.15. The molecule has 104 valence electrons. The van der Waals surface area contributed by atoms with Gasteiger partial charge in [0.15, 0.2) is 10.7 Å². The first kappa shape index (κ1) is 13.3. The minimum atomic E-state index is -1.14. The van der Waals surface area contributed by atoms with Crippen molar-refractivity contribution in [3.05, 3.63) is 58.5 Å². The number of carbonyl (C=O) groups excluding carboxylic acids is 1. The molecule has 3 rings (SSSR count). The Hall–Kier alpha value is -2.73. The fourth-order valence-electron chi connectivity index (χ4n) is 1.99. The Morgan fingerprint density at radius 2 is 1.86 bits per heavy atom. The second kappa shape index (κ2) is 5.34. The van der Waals surface area contributed by atoms with E-state index in [1.807, 2.05) is 36.4 Å². The Bertz CT molecular complexity index is 836. The molecule has 0 aliphatic heterocycles. The molecule has 0 aliphatic carbocycles. The fourth-order valence-corrected chi connectivity index (χ4v) is 2.67. The fraction of sp³-hybridized carbons (Fsp3) is 0. The molecule has 0 spiro atoms. The molecule has 1 aromatic heterocycles. The number of carboxylic acid groups (broad SMARTS) is 1. The van der Waals surface area contributed by atoms with Crippen LogP contribution >= 0.6 is 11.3 Å². The third kappa shape index (κ3) is 2.61. The van der Waals surface area contributed by atoms with E-state index >= 15 is 0 Å². The Kier molecular flexibility index (Phi) is 3.37. The predicted octanol–water partition coefficient (Wildman–Crippen LogP) is 3.25. The number of hydrogen-bond donors (Lipinski definition) is 2. The van der Waals surface area contributed by atoms with E-state index in [9.17, 15) is 9.59 Å². The molecular weight excluding hydrogens is 288 g/mol. The van der Waals surface area contributed by atoms with Gasteiger partial charge in [-0.15, -0.1) is 11.3 Å². The van der Waals surface area contributed by atoms with Gasteiger partial charge in [-0.3, -0.25) is 4.79 Å². The van der Waals surface area contributed by atoms with Crippen LogP contribution in [0.5, 0.6) is 0 Å². The van der Waals surface area contributed by atoms with Crippen LogP contribution in [0.1, 0.15) is 20.3 Å². The van der Waals surface area contributed by atoms with Crippen molar-refractivity contribution < 1.29 is 14.7 Å². The summed E-state index contributed by atoms with van der Waals surface area (Å²) in [6.45, 7) is 0. The normalized spacial score (nSPS) is 10.5. The molecule has 0 saturated heterocycles. The molecule has 0 aliphatic rings. The van der Waals surface area contributed by atoms with E-state index in [1.54, 1.807) is 6.07 Å². The van der Waals surface area contributed by atoms with Crippen molar-refractivity contribution in [1.82, 2.24) is 4.98 Å².